The third-order valence-corrected chi connectivity index (χ3v) is 7.08. The van der Waals surface area contributed by atoms with Crippen LogP contribution in [0, 0.1) is 0 Å². The molecule has 1 saturated heterocycles. The number of rotatable bonds is 6. The molecule has 2 aromatic carbocycles. The van der Waals surface area contributed by atoms with Gasteiger partial charge in [0.15, 0.2) is 5.65 Å². The monoisotopic (exact) mass is 525 g/mol. The Balaban J connectivity index is 1.33. The number of fused-ring (bicyclic) bond motifs is 1. The molecule has 0 amide bonds. The van der Waals surface area contributed by atoms with Crippen molar-refractivity contribution in [3.63, 3.8) is 0 Å². The van der Waals surface area contributed by atoms with Crippen LogP contribution < -0.4 is 21.5 Å². The molecule has 9 nitrogen and oxygen atoms in total. The van der Waals surface area contributed by atoms with Crippen LogP contribution >= 0.6 is 23.2 Å². The minimum absolute atomic E-state index is 0.118. The molecule has 1 aliphatic heterocycles. The van der Waals surface area contributed by atoms with Crippen molar-refractivity contribution in [1.82, 2.24) is 24.4 Å². The van der Waals surface area contributed by atoms with E-state index in [-0.39, 0.29) is 23.5 Å². The molecule has 1 fully saturated rings. The first-order valence-electron chi connectivity index (χ1n) is 11.6. The van der Waals surface area contributed by atoms with E-state index in [0.29, 0.717) is 22.0 Å². The fourth-order valence-corrected chi connectivity index (χ4v) is 4.83. The number of hydrogen-bond acceptors (Lipinski definition) is 7. The molecule has 11 heteroatoms. The molecule has 0 saturated carbocycles. The number of piperazine rings is 1. The second-order valence-corrected chi connectivity index (χ2v) is 9.57. The predicted molar refractivity (Wildman–Crippen MR) is 144 cm³/mol. The normalized spacial score (nSPS) is 14.4. The molecule has 36 heavy (non-hydrogen) atoms. The van der Waals surface area contributed by atoms with Gasteiger partial charge in [-0.15, -0.1) is 0 Å². The number of anilines is 3. The average molecular weight is 526 g/mol. The molecule has 0 aliphatic carbocycles. The number of benzene rings is 2. The fraction of sp³-hybridized carbons (Fsp3) is 0.280. The standard InChI is InChI=1S/C25H25Cl2N7O2/c1-32-11-13-33(14-12-32)17-7-5-16(6-8-17)29-24-28-15-19-22(30-24)31-25(36)34(23(19)35)10-9-18-20(26)3-2-4-21(18)27/h2-8,15H,9-14H2,1H3,(H2,28,29,30,31,36). The molecule has 2 aromatic heterocycles. The highest BCUT2D eigenvalue weighted by atomic mass is 35.5. The molecule has 0 spiro atoms. The Hall–Kier alpha value is -3.40. The van der Waals surface area contributed by atoms with Gasteiger partial charge in [0.1, 0.15) is 5.39 Å². The van der Waals surface area contributed by atoms with Crippen LogP contribution in [0.1, 0.15) is 5.56 Å². The maximum absolute atomic E-state index is 13.0. The Kier molecular flexibility index (Phi) is 6.95. The molecular formula is C25H25Cl2N7O2. The minimum atomic E-state index is -0.558. The summed E-state index contributed by atoms with van der Waals surface area (Å²) < 4.78 is 1.11. The zero-order valence-electron chi connectivity index (χ0n) is 19.7. The molecule has 0 radical (unpaired) electrons. The lowest BCUT2D eigenvalue weighted by Gasteiger charge is -2.34. The zero-order valence-corrected chi connectivity index (χ0v) is 21.2. The van der Waals surface area contributed by atoms with Gasteiger partial charge >= 0.3 is 5.69 Å². The first kappa shape index (κ1) is 24.3. The Morgan fingerprint density at radius 3 is 2.39 bits per heavy atom. The number of halogens is 2. The third-order valence-electron chi connectivity index (χ3n) is 6.37. The van der Waals surface area contributed by atoms with Crippen molar-refractivity contribution in [3.05, 3.63) is 85.1 Å². The number of likely N-dealkylation sites (N-methyl/N-ethyl adjacent to an activating group) is 1. The van der Waals surface area contributed by atoms with Gasteiger partial charge in [0, 0.05) is 60.3 Å². The van der Waals surface area contributed by atoms with Crippen molar-refractivity contribution >= 4 is 51.6 Å². The van der Waals surface area contributed by atoms with Crippen LogP contribution in [0.5, 0.6) is 0 Å². The van der Waals surface area contributed by atoms with E-state index < -0.39 is 11.2 Å². The molecule has 4 aromatic rings. The highest BCUT2D eigenvalue weighted by Crippen LogP contribution is 2.25. The van der Waals surface area contributed by atoms with Gasteiger partial charge in [-0.3, -0.25) is 14.3 Å². The Morgan fingerprint density at radius 2 is 1.69 bits per heavy atom. The zero-order chi connectivity index (χ0) is 25.2. The van der Waals surface area contributed by atoms with Crippen LogP contribution in [0.2, 0.25) is 10.0 Å². The summed E-state index contributed by atoms with van der Waals surface area (Å²) in [5.74, 6) is 0.283. The number of hydrogen-bond donors (Lipinski definition) is 2. The van der Waals surface area contributed by atoms with E-state index in [4.69, 9.17) is 23.2 Å². The van der Waals surface area contributed by atoms with Gasteiger partial charge in [-0.05, 0) is 55.4 Å². The number of aromatic nitrogens is 4. The van der Waals surface area contributed by atoms with Crippen LogP contribution in [-0.2, 0) is 13.0 Å². The highest BCUT2D eigenvalue weighted by Gasteiger charge is 2.15. The van der Waals surface area contributed by atoms with Crippen LogP contribution in [0.15, 0.2) is 58.3 Å². The lowest BCUT2D eigenvalue weighted by atomic mass is 10.1. The van der Waals surface area contributed by atoms with Gasteiger partial charge in [-0.2, -0.15) is 4.98 Å². The molecule has 2 N–H and O–H groups in total. The highest BCUT2D eigenvalue weighted by molar-refractivity contribution is 6.35. The maximum Gasteiger partial charge on any atom is 0.330 e. The molecule has 0 unspecified atom stereocenters. The number of nitrogens with zero attached hydrogens (tertiary/aromatic N) is 5. The summed E-state index contributed by atoms with van der Waals surface area (Å²) in [4.78, 5) is 41.7. The summed E-state index contributed by atoms with van der Waals surface area (Å²) in [5.41, 5.74) is 1.79. The summed E-state index contributed by atoms with van der Waals surface area (Å²) in [7, 11) is 2.13. The van der Waals surface area contributed by atoms with Crippen molar-refractivity contribution in [2.45, 2.75) is 13.0 Å². The first-order chi connectivity index (χ1) is 17.4. The Bertz CT molecular complexity index is 1490. The van der Waals surface area contributed by atoms with E-state index in [1.807, 2.05) is 12.1 Å². The average Bonchev–Trinajstić information content (AvgIpc) is 2.86. The van der Waals surface area contributed by atoms with Gasteiger partial charge in [-0.1, -0.05) is 29.3 Å². The van der Waals surface area contributed by atoms with Crippen molar-refractivity contribution in [2.24, 2.45) is 0 Å². The maximum atomic E-state index is 13.0. The van der Waals surface area contributed by atoms with Crippen LogP contribution in [0.25, 0.3) is 11.0 Å². The van der Waals surface area contributed by atoms with Gasteiger partial charge < -0.3 is 15.1 Å². The second kappa shape index (κ2) is 10.3. The third kappa shape index (κ3) is 5.09. The molecule has 0 bridgehead atoms. The van der Waals surface area contributed by atoms with E-state index in [1.165, 1.54) is 6.20 Å². The van der Waals surface area contributed by atoms with Gasteiger partial charge in [-0.25, -0.2) is 9.78 Å². The van der Waals surface area contributed by atoms with Crippen molar-refractivity contribution in [1.29, 1.82) is 0 Å². The van der Waals surface area contributed by atoms with E-state index in [1.54, 1.807) is 18.2 Å². The molecular weight excluding hydrogens is 501 g/mol. The Morgan fingerprint density at radius 1 is 1.00 bits per heavy atom. The summed E-state index contributed by atoms with van der Waals surface area (Å²) in [5, 5.41) is 4.33. The molecule has 5 rings (SSSR count). The summed E-state index contributed by atoms with van der Waals surface area (Å²) >= 11 is 12.4. The summed E-state index contributed by atoms with van der Waals surface area (Å²) in [6.45, 7) is 4.19. The lowest BCUT2D eigenvalue weighted by molar-refractivity contribution is 0.313. The van der Waals surface area contributed by atoms with Crippen LogP contribution in [0.4, 0.5) is 17.3 Å². The van der Waals surface area contributed by atoms with Gasteiger partial charge in [0.2, 0.25) is 5.95 Å². The van der Waals surface area contributed by atoms with E-state index in [0.717, 1.165) is 42.1 Å². The van der Waals surface area contributed by atoms with E-state index >= 15 is 0 Å². The van der Waals surface area contributed by atoms with Crippen LogP contribution in [0.3, 0.4) is 0 Å². The number of aromatic amines is 1. The lowest BCUT2D eigenvalue weighted by Crippen LogP contribution is -2.44. The predicted octanol–water partition coefficient (Wildman–Crippen LogP) is 3.52. The van der Waals surface area contributed by atoms with Crippen molar-refractivity contribution in [3.8, 4) is 0 Å². The summed E-state index contributed by atoms with van der Waals surface area (Å²) in [6, 6.07) is 13.2. The van der Waals surface area contributed by atoms with Crippen LogP contribution in [-0.4, -0.2) is 57.6 Å². The summed E-state index contributed by atoms with van der Waals surface area (Å²) in [6.07, 6.45) is 1.75. The number of nitrogens with one attached hydrogen (secondary N) is 2. The Labute approximate surface area is 217 Å². The van der Waals surface area contributed by atoms with E-state index in [9.17, 15) is 9.59 Å². The largest absolute Gasteiger partial charge is 0.369 e. The van der Waals surface area contributed by atoms with Crippen molar-refractivity contribution < 1.29 is 0 Å². The smallest absolute Gasteiger partial charge is 0.330 e. The topological polar surface area (TPSA) is 99.1 Å². The quantitative estimate of drug-likeness (QED) is 0.397. The van der Waals surface area contributed by atoms with Gasteiger partial charge in [0.25, 0.3) is 5.56 Å². The second-order valence-electron chi connectivity index (χ2n) is 8.76. The van der Waals surface area contributed by atoms with Crippen molar-refractivity contribution in [2.75, 3.05) is 43.4 Å². The number of H-pyrrole nitrogens is 1. The fourth-order valence-electron chi connectivity index (χ4n) is 4.25. The SMILES string of the molecule is CN1CCN(c2ccc(Nc3ncc4c(=O)n(CCc5c(Cl)cccc5Cl)c(=O)[nH]c4n3)cc2)CC1. The molecule has 3 heterocycles. The molecule has 0 atom stereocenters. The first-order valence-corrected chi connectivity index (χ1v) is 12.4. The molecule has 186 valence electrons. The molecule has 1 aliphatic rings. The minimum Gasteiger partial charge on any atom is -0.369 e. The van der Waals surface area contributed by atoms with E-state index in [2.05, 4.69) is 49.2 Å². The van der Waals surface area contributed by atoms with Gasteiger partial charge in [0.05, 0.1) is 0 Å².